The van der Waals surface area contributed by atoms with Crippen molar-refractivity contribution in [3.8, 4) is 5.75 Å². The number of nitrogens with zero attached hydrogens (tertiary/aromatic N) is 3. The maximum atomic E-state index is 13.4. The number of esters is 1. The molecule has 17 heteroatoms. The average Bonchev–Trinajstić information content (AvgIpc) is 3.35. The van der Waals surface area contributed by atoms with Gasteiger partial charge in [0.15, 0.2) is 10.8 Å². The molecule has 45 heavy (non-hydrogen) atoms. The monoisotopic (exact) mass is 699 g/mol. The number of β-lactam (4-membered cyclic amide) rings is 1. The molecule has 3 heterocycles. The molecule has 13 nitrogen and oxygen atoms in total. The number of halogens is 2. The fraction of sp³-hybridized carbons (Fsp3) is 0.429. The number of amides is 3. The minimum Gasteiger partial charge on any atom is -0.497 e. The molecule has 2 aromatic rings. The minimum atomic E-state index is -1.01. The van der Waals surface area contributed by atoms with Crippen molar-refractivity contribution in [1.82, 2.24) is 15.2 Å². The molecule has 2 unspecified atom stereocenters. The van der Waals surface area contributed by atoms with Crippen molar-refractivity contribution in [3.05, 3.63) is 51.1 Å². The van der Waals surface area contributed by atoms with Crippen molar-refractivity contribution in [1.29, 1.82) is 0 Å². The van der Waals surface area contributed by atoms with Gasteiger partial charge in [-0.05, 0) is 51.0 Å². The Labute approximate surface area is 277 Å². The van der Waals surface area contributed by atoms with Gasteiger partial charge in [0, 0.05) is 11.6 Å². The fourth-order valence-corrected chi connectivity index (χ4v) is 6.85. The predicted molar refractivity (Wildman–Crippen MR) is 171 cm³/mol. The Morgan fingerprint density at radius 2 is 1.91 bits per heavy atom. The number of hydrogen-bond donors (Lipinski definition) is 2. The predicted octanol–water partition coefficient (Wildman–Crippen LogP) is 4.53. The summed E-state index contributed by atoms with van der Waals surface area (Å²) in [5.74, 6) is -1.02. The lowest BCUT2D eigenvalue weighted by Gasteiger charge is -2.49. The standard InChI is InChI=1S/C28H31Cl2N5O8S2/c1-6-42-34-18(17-21(30)45-26(32-17)33-27(39)43-28(2,3)4)22(36)31-19-23(37)35-20(15(11-29)13-44-24(19)35)25(38)41-12-14-7-9-16(40-5)10-8-14/h7-10,19,24H,6,11-13H2,1-5H3,(H,31,36)(H,32,33,39)/b34-18+. The first kappa shape index (κ1) is 34.3. The van der Waals surface area contributed by atoms with Gasteiger partial charge >= 0.3 is 12.1 Å². The molecule has 0 radical (unpaired) electrons. The highest BCUT2D eigenvalue weighted by Gasteiger charge is 2.54. The number of benzene rings is 1. The topological polar surface area (TPSA) is 158 Å². The fourth-order valence-electron chi connectivity index (χ4n) is 4.14. The van der Waals surface area contributed by atoms with E-state index in [-0.39, 0.29) is 45.7 Å². The van der Waals surface area contributed by atoms with Gasteiger partial charge < -0.3 is 24.4 Å². The van der Waals surface area contributed by atoms with Crippen molar-refractivity contribution in [2.45, 2.75) is 51.3 Å². The summed E-state index contributed by atoms with van der Waals surface area (Å²) in [6.45, 7) is 6.89. The second-order valence-corrected chi connectivity index (χ2v) is 13.5. The lowest BCUT2D eigenvalue weighted by molar-refractivity contribution is -0.153. The highest BCUT2D eigenvalue weighted by molar-refractivity contribution is 8.00. The number of carbonyl (C=O) groups excluding carboxylic acids is 4. The molecule has 2 N–H and O–H groups in total. The second kappa shape index (κ2) is 14.7. The first-order valence-corrected chi connectivity index (χ1v) is 16.3. The highest BCUT2D eigenvalue weighted by atomic mass is 35.5. The van der Waals surface area contributed by atoms with Crippen LogP contribution >= 0.6 is 46.3 Å². The Morgan fingerprint density at radius 1 is 1.20 bits per heavy atom. The summed E-state index contributed by atoms with van der Waals surface area (Å²) >= 11 is 14.7. The second-order valence-electron chi connectivity index (χ2n) is 10.5. The van der Waals surface area contributed by atoms with Crippen LogP contribution in [0, 0.1) is 0 Å². The third kappa shape index (κ3) is 8.20. The average molecular weight is 701 g/mol. The smallest absolute Gasteiger partial charge is 0.413 e. The first-order valence-electron chi connectivity index (χ1n) is 13.6. The van der Waals surface area contributed by atoms with E-state index in [0.717, 1.165) is 16.9 Å². The van der Waals surface area contributed by atoms with E-state index in [1.807, 2.05) is 0 Å². The van der Waals surface area contributed by atoms with Crippen LogP contribution in [0.1, 0.15) is 39.0 Å². The first-order chi connectivity index (χ1) is 21.4. The van der Waals surface area contributed by atoms with Crippen LogP contribution in [0.5, 0.6) is 5.75 Å². The van der Waals surface area contributed by atoms with Crippen LogP contribution in [-0.4, -0.2) is 81.8 Å². The molecule has 1 saturated heterocycles. The van der Waals surface area contributed by atoms with E-state index in [4.69, 9.17) is 42.3 Å². The summed E-state index contributed by atoms with van der Waals surface area (Å²) < 4.78 is 15.9. The lowest BCUT2D eigenvalue weighted by atomic mass is 10.0. The number of aromatic nitrogens is 1. The van der Waals surface area contributed by atoms with Crippen LogP contribution in [-0.2, 0) is 35.3 Å². The van der Waals surface area contributed by atoms with Gasteiger partial charge in [-0.3, -0.25) is 19.8 Å². The maximum absolute atomic E-state index is 13.4. The number of fused-ring (bicyclic) bond motifs is 1. The molecule has 1 aromatic carbocycles. The third-order valence-corrected chi connectivity index (χ3v) is 8.97. The normalized spacial score (nSPS) is 18.1. The van der Waals surface area contributed by atoms with Gasteiger partial charge in [-0.25, -0.2) is 14.6 Å². The minimum absolute atomic E-state index is 0.0145. The largest absolute Gasteiger partial charge is 0.497 e. The molecule has 0 aliphatic carbocycles. The molecular formula is C28H31Cl2N5O8S2. The highest BCUT2D eigenvalue weighted by Crippen LogP contribution is 2.41. The van der Waals surface area contributed by atoms with E-state index < -0.39 is 40.9 Å². The molecule has 2 atom stereocenters. The lowest BCUT2D eigenvalue weighted by Crippen LogP contribution is -2.71. The van der Waals surface area contributed by atoms with Gasteiger partial charge in [-0.2, -0.15) is 0 Å². The van der Waals surface area contributed by atoms with E-state index >= 15 is 0 Å². The number of oxime groups is 1. The van der Waals surface area contributed by atoms with Crippen molar-refractivity contribution < 1.29 is 38.2 Å². The van der Waals surface area contributed by atoms with Crippen LogP contribution in [0.15, 0.2) is 40.7 Å². The Bertz CT molecular complexity index is 1520. The molecule has 0 saturated carbocycles. The number of nitrogens with one attached hydrogen (secondary N) is 2. The van der Waals surface area contributed by atoms with Crippen molar-refractivity contribution in [2.75, 3.05) is 30.7 Å². The van der Waals surface area contributed by atoms with E-state index in [1.165, 1.54) is 16.7 Å². The van der Waals surface area contributed by atoms with Gasteiger partial charge in [-0.1, -0.05) is 40.2 Å². The molecule has 2 aliphatic heterocycles. The summed E-state index contributed by atoms with van der Waals surface area (Å²) in [5.41, 5.74) is 0.201. The molecule has 2 aliphatic rings. The number of hydrogen-bond acceptors (Lipinski definition) is 12. The Kier molecular flexibility index (Phi) is 11.2. The number of carbonyl (C=O) groups is 4. The maximum Gasteiger partial charge on any atom is 0.413 e. The summed E-state index contributed by atoms with van der Waals surface area (Å²) in [6, 6.07) is 6.00. The van der Waals surface area contributed by atoms with Gasteiger partial charge in [-0.15, -0.1) is 23.4 Å². The van der Waals surface area contributed by atoms with Crippen LogP contribution in [0.25, 0.3) is 0 Å². The molecule has 1 aromatic heterocycles. The zero-order chi connectivity index (χ0) is 32.9. The van der Waals surface area contributed by atoms with Crippen molar-refractivity contribution >= 4 is 81.0 Å². The molecule has 1 fully saturated rings. The summed E-state index contributed by atoms with van der Waals surface area (Å²) in [5, 5.41) is 8.46. The number of rotatable bonds is 11. The van der Waals surface area contributed by atoms with E-state index in [1.54, 1.807) is 59.1 Å². The number of ether oxygens (including phenoxy) is 3. The number of thioether (sulfide) groups is 1. The number of anilines is 1. The van der Waals surface area contributed by atoms with Gasteiger partial charge in [0.25, 0.3) is 11.8 Å². The molecule has 3 amide bonds. The zero-order valence-electron chi connectivity index (χ0n) is 25.0. The SMILES string of the molecule is CCO/N=C(/C(=O)NC1C(=O)N2C(C(=O)OCc3ccc(OC)cc3)=C(CCl)CSC12)c1nc(NC(=O)OC(C)(C)C)sc1Cl. The van der Waals surface area contributed by atoms with E-state index in [9.17, 15) is 19.2 Å². The van der Waals surface area contributed by atoms with Gasteiger partial charge in [0.1, 0.15) is 51.7 Å². The third-order valence-electron chi connectivity index (χ3n) is 6.14. The number of thiazole rings is 1. The number of alkyl halides is 1. The molecule has 242 valence electrons. The van der Waals surface area contributed by atoms with Gasteiger partial charge in [0.2, 0.25) is 0 Å². The quantitative estimate of drug-likeness (QED) is 0.112. The van der Waals surface area contributed by atoms with Crippen LogP contribution in [0.2, 0.25) is 4.34 Å². The Balaban J connectivity index is 1.47. The van der Waals surface area contributed by atoms with Gasteiger partial charge in [0.05, 0.1) is 7.11 Å². The molecular weight excluding hydrogens is 669 g/mol. The Morgan fingerprint density at radius 3 is 2.53 bits per heavy atom. The van der Waals surface area contributed by atoms with E-state index in [2.05, 4.69) is 20.8 Å². The van der Waals surface area contributed by atoms with Crippen molar-refractivity contribution in [2.24, 2.45) is 5.16 Å². The van der Waals surface area contributed by atoms with Crippen LogP contribution < -0.4 is 15.4 Å². The van der Waals surface area contributed by atoms with Crippen molar-refractivity contribution in [3.63, 3.8) is 0 Å². The zero-order valence-corrected chi connectivity index (χ0v) is 28.1. The molecule has 0 spiro atoms. The summed E-state index contributed by atoms with van der Waals surface area (Å²) in [6.07, 6.45) is -0.760. The van der Waals surface area contributed by atoms with Crippen LogP contribution in [0.4, 0.5) is 9.93 Å². The Hall–Kier alpha value is -3.53. The molecule has 4 rings (SSSR count). The van der Waals surface area contributed by atoms with Crippen LogP contribution in [0.3, 0.4) is 0 Å². The number of methoxy groups -OCH3 is 1. The summed E-state index contributed by atoms with van der Waals surface area (Å²) in [4.78, 5) is 62.8. The molecule has 0 bridgehead atoms. The van der Waals surface area contributed by atoms with E-state index in [0.29, 0.717) is 17.1 Å². The summed E-state index contributed by atoms with van der Waals surface area (Å²) in [7, 11) is 1.55.